The highest BCUT2D eigenvalue weighted by Crippen LogP contribution is 2.55. The average molecular weight is 445 g/mol. The summed E-state index contributed by atoms with van der Waals surface area (Å²) in [5.74, 6) is -1.75. The number of rotatable bonds is 3. The van der Waals surface area contributed by atoms with Crippen molar-refractivity contribution in [1.82, 2.24) is 24.6 Å². The number of nitrogens with one attached hydrogen (secondary N) is 2. The molecule has 9 heteroatoms. The van der Waals surface area contributed by atoms with Crippen LogP contribution in [0.5, 0.6) is 0 Å². The molecule has 0 atom stereocenters. The van der Waals surface area contributed by atoms with Crippen LogP contribution in [0, 0.1) is 17.0 Å². The average Bonchev–Trinajstić information content (AvgIpc) is 3.17. The summed E-state index contributed by atoms with van der Waals surface area (Å²) in [7, 11) is 1.69. The molecule has 5 aromatic rings. The summed E-state index contributed by atoms with van der Waals surface area (Å²) < 4.78 is 31.6. The Morgan fingerprint density at radius 1 is 1.12 bits per heavy atom. The number of hydrogen-bond acceptors (Lipinski definition) is 5. The molecule has 2 aliphatic rings. The molecule has 0 amide bonds. The Balaban J connectivity index is 1.58. The number of halogens is 2. The third kappa shape index (κ3) is 2.62. The van der Waals surface area contributed by atoms with E-state index in [1.807, 2.05) is 12.3 Å². The van der Waals surface area contributed by atoms with Gasteiger partial charge in [0.05, 0.1) is 33.9 Å². The molecule has 5 heterocycles. The van der Waals surface area contributed by atoms with Crippen LogP contribution in [0.25, 0.3) is 38.7 Å². The van der Waals surface area contributed by atoms with E-state index in [1.165, 1.54) is 18.9 Å². The molecule has 7 nitrogen and oxygen atoms in total. The van der Waals surface area contributed by atoms with E-state index in [0.717, 1.165) is 42.0 Å². The Labute approximate surface area is 187 Å². The lowest BCUT2D eigenvalue weighted by atomic mass is 10.0. The molecular formula is C24H21F2N7. The number of aromatic amines is 1. The minimum Gasteiger partial charge on any atom is -0.386 e. The van der Waals surface area contributed by atoms with Gasteiger partial charge in [0.15, 0.2) is 17.3 Å². The first-order valence-electron chi connectivity index (χ1n) is 11.1. The second-order valence-corrected chi connectivity index (χ2v) is 9.24. The van der Waals surface area contributed by atoms with Crippen LogP contribution in [0.4, 0.5) is 20.2 Å². The van der Waals surface area contributed by atoms with Crippen molar-refractivity contribution in [2.24, 2.45) is 5.41 Å². The zero-order chi connectivity index (χ0) is 22.3. The Morgan fingerprint density at radius 3 is 2.79 bits per heavy atom. The Bertz CT molecular complexity index is 1580. The maximum Gasteiger partial charge on any atom is 0.169 e. The quantitative estimate of drug-likeness (QED) is 0.420. The van der Waals surface area contributed by atoms with Gasteiger partial charge in [-0.25, -0.2) is 23.3 Å². The number of hydrogen-bond donors (Lipinski definition) is 2. The van der Waals surface area contributed by atoms with Crippen LogP contribution < -0.4 is 10.2 Å². The number of benzene rings is 1. The molecule has 7 rings (SSSR count). The molecule has 1 aromatic carbocycles. The van der Waals surface area contributed by atoms with E-state index in [2.05, 4.69) is 30.3 Å². The molecule has 0 unspecified atom stereocenters. The van der Waals surface area contributed by atoms with Gasteiger partial charge in [-0.2, -0.15) is 5.10 Å². The molecule has 166 valence electrons. The van der Waals surface area contributed by atoms with Gasteiger partial charge < -0.3 is 15.2 Å². The first-order valence-corrected chi connectivity index (χ1v) is 11.1. The molecule has 1 saturated carbocycles. The van der Waals surface area contributed by atoms with Crippen molar-refractivity contribution in [2.45, 2.75) is 19.3 Å². The Kier molecular flexibility index (Phi) is 3.64. The predicted octanol–water partition coefficient (Wildman–Crippen LogP) is 4.74. The minimum atomic E-state index is -0.885. The van der Waals surface area contributed by atoms with E-state index in [0.29, 0.717) is 27.7 Å². The van der Waals surface area contributed by atoms with Gasteiger partial charge in [-0.1, -0.05) is 0 Å². The van der Waals surface area contributed by atoms with E-state index in [4.69, 9.17) is 0 Å². The van der Waals surface area contributed by atoms with Gasteiger partial charge in [-0.3, -0.25) is 0 Å². The van der Waals surface area contributed by atoms with E-state index in [9.17, 15) is 4.39 Å². The first-order chi connectivity index (χ1) is 16.1. The van der Waals surface area contributed by atoms with Gasteiger partial charge in [0.25, 0.3) is 0 Å². The number of pyridine rings is 1. The zero-order valence-electron chi connectivity index (χ0n) is 18.0. The van der Waals surface area contributed by atoms with Crippen LogP contribution in [-0.4, -0.2) is 44.7 Å². The molecule has 0 bridgehead atoms. The standard InChI is InChI=1S/C24H21F2N7/c1-27-16-8-15(25)20(26)18-19-22(32-7-5-24(12-32)3-4-24)14(10-29-23(19)31-21(16)18)13-9-28-17-2-6-30-33(17)11-13/h2,6,8-11,27H,3-5,7,12H2,1H3,(H,29,31). The molecule has 33 heavy (non-hydrogen) atoms. The summed E-state index contributed by atoms with van der Waals surface area (Å²) in [4.78, 5) is 14.7. The van der Waals surface area contributed by atoms with Crippen LogP contribution in [0.1, 0.15) is 19.3 Å². The highest BCUT2D eigenvalue weighted by Gasteiger charge is 2.48. The molecule has 2 fully saturated rings. The Morgan fingerprint density at radius 2 is 2.00 bits per heavy atom. The zero-order valence-corrected chi connectivity index (χ0v) is 18.0. The van der Waals surface area contributed by atoms with Gasteiger partial charge >= 0.3 is 0 Å². The molecular weight excluding hydrogens is 424 g/mol. The second kappa shape index (κ2) is 6.40. The molecule has 1 spiro atoms. The predicted molar refractivity (Wildman–Crippen MR) is 124 cm³/mol. The molecule has 0 radical (unpaired) electrons. The molecule has 1 saturated heterocycles. The van der Waals surface area contributed by atoms with Crippen molar-refractivity contribution in [1.29, 1.82) is 0 Å². The van der Waals surface area contributed by atoms with Crippen LogP contribution >= 0.6 is 0 Å². The van der Waals surface area contributed by atoms with Crippen LogP contribution in [0.15, 0.2) is 36.9 Å². The fraction of sp³-hybridized carbons (Fsp3) is 0.292. The first kappa shape index (κ1) is 18.8. The van der Waals surface area contributed by atoms with Gasteiger partial charge in [-0.05, 0) is 24.7 Å². The van der Waals surface area contributed by atoms with E-state index < -0.39 is 11.6 Å². The van der Waals surface area contributed by atoms with Crippen molar-refractivity contribution >= 4 is 39.0 Å². The van der Waals surface area contributed by atoms with Crippen molar-refractivity contribution < 1.29 is 8.78 Å². The SMILES string of the molecule is CNc1cc(F)c(F)c2c1[nH]c1ncc(-c3cnc4ccnn4c3)c(N3CCC4(CC4)C3)c12. The topological polar surface area (TPSA) is 74.1 Å². The summed E-state index contributed by atoms with van der Waals surface area (Å²) in [5, 5.41) is 8.12. The highest BCUT2D eigenvalue weighted by molar-refractivity contribution is 6.18. The summed E-state index contributed by atoms with van der Waals surface area (Å²) in [6, 6.07) is 3.01. The number of anilines is 2. The van der Waals surface area contributed by atoms with Crippen molar-refractivity contribution in [2.75, 3.05) is 30.4 Å². The van der Waals surface area contributed by atoms with Crippen molar-refractivity contribution in [3.05, 3.63) is 48.6 Å². The van der Waals surface area contributed by atoms with E-state index >= 15 is 4.39 Å². The van der Waals surface area contributed by atoms with Gasteiger partial charge in [0.2, 0.25) is 0 Å². The van der Waals surface area contributed by atoms with Gasteiger partial charge in [-0.15, -0.1) is 0 Å². The summed E-state index contributed by atoms with van der Waals surface area (Å²) in [6.07, 6.45) is 10.7. The van der Waals surface area contributed by atoms with E-state index in [1.54, 1.807) is 30.2 Å². The largest absolute Gasteiger partial charge is 0.386 e. The van der Waals surface area contributed by atoms with Crippen molar-refractivity contribution in [3.8, 4) is 11.1 Å². The van der Waals surface area contributed by atoms with E-state index in [-0.39, 0.29) is 5.39 Å². The molecule has 2 N–H and O–H groups in total. The van der Waals surface area contributed by atoms with Crippen molar-refractivity contribution in [3.63, 3.8) is 0 Å². The Hall–Kier alpha value is -3.75. The van der Waals surface area contributed by atoms with Crippen LogP contribution in [0.3, 0.4) is 0 Å². The van der Waals surface area contributed by atoms with Crippen LogP contribution in [-0.2, 0) is 0 Å². The van der Waals surface area contributed by atoms with Crippen LogP contribution in [0.2, 0.25) is 0 Å². The second-order valence-electron chi connectivity index (χ2n) is 9.24. The lowest BCUT2D eigenvalue weighted by Gasteiger charge is -2.23. The fourth-order valence-electron chi connectivity index (χ4n) is 5.34. The normalized spacial score (nSPS) is 17.1. The maximum absolute atomic E-state index is 15.3. The lowest BCUT2D eigenvalue weighted by Crippen LogP contribution is -2.21. The highest BCUT2D eigenvalue weighted by atomic mass is 19.2. The van der Waals surface area contributed by atoms with Gasteiger partial charge in [0.1, 0.15) is 5.65 Å². The van der Waals surface area contributed by atoms with Gasteiger partial charge in [0, 0.05) is 62.0 Å². The molecule has 1 aliphatic carbocycles. The number of nitrogens with zero attached hydrogens (tertiary/aromatic N) is 5. The third-order valence-electron chi connectivity index (χ3n) is 7.30. The monoisotopic (exact) mass is 445 g/mol. The fourth-order valence-corrected chi connectivity index (χ4v) is 5.34. The summed E-state index contributed by atoms with van der Waals surface area (Å²) >= 11 is 0. The smallest absolute Gasteiger partial charge is 0.169 e. The summed E-state index contributed by atoms with van der Waals surface area (Å²) in [6.45, 7) is 1.77. The number of aromatic nitrogens is 5. The third-order valence-corrected chi connectivity index (χ3v) is 7.30. The summed E-state index contributed by atoms with van der Waals surface area (Å²) in [5.41, 5.74) is 5.17. The lowest BCUT2D eigenvalue weighted by molar-refractivity contribution is 0.518. The minimum absolute atomic E-state index is 0.226. The maximum atomic E-state index is 15.3. The molecule has 4 aromatic heterocycles. The molecule has 1 aliphatic heterocycles. The number of H-pyrrole nitrogens is 1. The number of fused-ring (bicyclic) bond motifs is 4.